The molecular weight excluding hydrogens is 429 g/mol. The molecule has 0 bridgehead atoms. The minimum atomic E-state index is -0.338. The van der Waals surface area contributed by atoms with Crippen LogP contribution in [0.4, 0.5) is 10.1 Å². The van der Waals surface area contributed by atoms with Crippen molar-refractivity contribution in [1.82, 2.24) is 9.80 Å². The van der Waals surface area contributed by atoms with Crippen molar-refractivity contribution in [2.45, 2.75) is 58.5 Å². The topological polar surface area (TPSA) is 45.0 Å². The number of amides is 1. The highest BCUT2D eigenvalue weighted by atomic mass is 19.1. The summed E-state index contributed by atoms with van der Waals surface area (Å²) in [7, 11) is 0. The second kappa shape index (κ2) is 10.5. The molecule has 2 aliphatic rings. The van der Waals surface area contributed by atoms with Crippen LogP contribution in [0.3, 0.4) is 0 Å². The Labute approximate surface area is 201 Å². The number of benzene rings is 2. The number of hydrogen-bond acceptors (Lipinski definition) is 3. The number of carbonyl (C=O) groups excluding carboxylic acids is 2. The molecule has 6 heteroatoms. The number of halogens is 1. The van der Waals surface area contributed by atoms with E-state index in [9.17, 15) is 14.0 Å². The fraction of sp³-hybridized carbons (Fsp3) is 0.464. The molecular formula is C28H32FN3O2. The van der Waals surface area contributed by atoms with Crippen LogP contribution in [0.1, 0.15) is 59.7 Å². The number of Topliss-reactive ketones (excluding diaryl/α,β-unsaturated/α-hetero) is 1. The molecule has 1 atom stereocenters. The van der Waals surface area contributed by atoms with Crippen molar-refractivity contribution in [2.75, 3.05) is 19.6 Å². The lowest BCUT2D eigenvalue weighted by atomic mass is 9.95. The van der Waals surface area contributed by atoms with Crippen LogP contribution in [0, 0.1) is 25.2 Å². The minimum absolute atomic E-state index is 0.0937. The number of ketones is 1. The van der Waals surface area contributed by atoms with Gasteiger partial charge in [0.25, 0.3) is 0 Å². The van der Waals surface area contributed by atoms with Crippen molar-refractivity contribution in [3.05, 3.63) is 75.9 Å². The van der Waals surface area contributed by atoms with Gasteiger partial charge < -0.3 is 4.90 Å². The van der Waals surface area contributed by atoms with Crippen molar-refractivity contribution in [2.24, 2.45) is 5.92 Å². The second-order valence-corrected chi connectivity index (χ2v) is 9.70. The fourth-order valence-corrected chi connectivity index (χ4v) is 5.29. The first-order chi connectivity index (χ1) is 16.4. The normalized spacial score (nSPS) is 19.2. The number of rotatable bonds is 6. The molecule has 2 fully saturated rings. The third kappa shape index (κ3) is 5.37. The molecule has 0 unspecified atom stereocenters. The van der Waals surface area contributed by atoms with Gasteiger partial charge in [0.15, 0.2) is 11.5 Å². The van der Waals surface area contributed by atoms with Gasteiger partial charge in [-0.1, -0.05) is 37.1 Å². The van der Waals surface area contributed by atoms with Gasteiger partial charge in [0.05, 0.1) is 6.57 Å². The van der Waals surface area contributed by atoms with E-state index in [0.717, 1.165) is 49.9 Å². The molecule has 34 heavy (non-hydrogen) atoms. The number of carbonyl (C=O) groups is 2. The Balaban J connectivity index is 1.42. The average Bonchev–Trinajstić information content (AvgIpc) is 3.37. The second-order valence-electron chi connectivity index (χ2n) is 9.70. The zero-order valence-electron chi connectivity index (χ0n) is 20.0. The van der Waals surface area contributed by atoms with Crippen molar-refractivity contribution >= 4 is 17.4 Å². The molecule has 178 valence electrons. The van der Waals surface area contributed by atoms with Crippen LogP contribution in [-0.4, -0.2) is 47.2 Å². The van der Waals surface area contributed by atoms with E-state index in [2.05, 4.69) is 16.7 Å². The van der Waals surface area contributed by atoms with E-state index in [0.29, 0.717) is 35.8 Å². The average molecular weight is 462 g/mol. The standard InChI is InChI=1S/C28H32FN3O2/c1-19-17-31(12-13-32(19)28(34)22-6-4-5-7-22)18-24-15-25(29)14-23(20(24)2)16-27(33)21-8-10-26(30-3)11-9-21/h8-11,14-15,19,22H,4-7,12-13,16-18H2,1-2H3/t19-/m0/s1. The third-order valence-corrected chi connectivity index (χ3v) is 7.35. The summed E-state index contributed by atoms with van der Waals surface area (Å²) in [6.07, 6.45) is 4.45. The van der Waals surface area contributed by atoms with Gasteiger partial charge in [-0.3, -0.25) is 14.5 Å². The Morgan fingerprint density at radius 3 is 2.41 bits per heavy atom. The van der Waals surface area contributed by atoms with Crippen LogP contribution in [-0.2, 0) is 17.8 Å². The monoisotopic (exact) mass is 461 g/mol. The predicted molar refractivity (Wildman–Crippen MR) is 130 cm³/mol. The van der Waals surface area contributed by atoms with Gasteiger partial charge in [0.1, 0.15) is 5.82 Å². The molecule has 0 aromatic heterocycles. The van der Waals surface area contributed by atoms with Gasteiger partial charge in [-0.15, -0.1) is 0 Å². The van der Waals surface area contributed by atoms with Crippen molar-refractivity contribution in [3.63, 3.8) is 0 Å². The van der Waals surface area contributed by atoms with Gasteiger partial charge in [-0.25, -0.2) is 9.24 Å². The van der Waals surface area contributed by atoms with Crippen LogP contribution < -0.4 is 0 Å². The Kier molecular flexibility index (Phi) is 7.43. The largest absolute Gasteiger partial charge is 0.337 e. The first-order valence-electron chi connectivity index (χ1n) is 12.2. The maximum absolute atomic E-state index is 14.5. The number of piperazine rings is 1. The van der Waals surface area contributed by atoms with Crippen LogP contribution in [0.15, 0.2) is 36.4 Å². The van der Waals surface area contributed by atoms with E-state index < -0.39 is 0 Å². The molecule has 0 radical (unpaired) electrons. The van der Waals surface area contributed by atoms with Crippen LogP contribution in [0.25, 0.3) is 4.85 Å². The van der Waals surface area contributed by atoms with Crippen molar-refractivity contribution in [3.8, 4) is 0 Å². The Bertz CT molecular complexity index is 1100. The highest BCUT2D eigenvalue weighted by Gasteiger charge is 2.33. The first kappa shape index (κ1) is 24.1. The lowest BCUT2D eigenvalue weighted by Gasteiger charge is -2.41. The third-order valence-electron chi connectivity index (χ3n) is 7.35. The molecule has 1 aliphatic carbocycles. The summed E-state index contributed by atoms with van der Waals surface area (Å²) in [4.78, 5) is 33.3. The number of nitrogens with zero attached hydrogens (tertiary/aromatic N) is 3. The molecule has 1 saturated carbocycles. The van der Waals surface area contributed by atoms with Crippen LogP contribution in [0.2, 0.25) is 0 Å². The van der Waals surface area contributed by atoms with Gasteiger partial charge in [-0.05, 0) is 55.5 Å². The molecule has 1 saturated heterocycles. The summed E-state index contributed by atoms with van der Waals surface area (Å²) < 4.78 is 14.5. The smallest absolute Gasteiger partial charge is 0.226 e. The molecule has 1 aliphatic heterocycles. The Hall–Kier alpha value is -3.04. The summed E-state index contributed by atoms with van der Waals surface area (Å²) in [6, 6.07) is 9.71. The summed E-state index contributed by atoms with van der Waals surface area (Å²) in [6.45, 7) is 13.9. The highest BCUT2D eigenvalue weighted by Crippen LogP contribution is 2.28. The predicted octanol–water partition coefficient (Wildman–Crippen LogP) is 5.33. The Morgan fingerprint density at radius 1 is 1.09 bits per heavy atom. The SMILES string of the molecule is [C-]#[N+]c1ccc(C(=O)Cc2cc(F)cc(CN3CCN(C(=O)C4CCCC4)[C@@H](C)C3)c2C)cc1. The lowest BCUT2D eigenvalue weighted by molar-refractivity contribution is -0.140. The zero-order chi connectivity index (χ0) is 24.2. The van der Waals surface area contributed by atoms with Gasteiger partial charge >= 0.3 is 0 Å². The van der Waals surface area contributed by atoms with Crippen molar-refractivity contribution in [1.29, 1.82) is 0 Å². The molecule has 5 nitrogen and oxygen atoms in total. The minimum Gasteiger partial charge on any atom is -0.337 e. The van der Waals surface area contributed by atoms with Crippen molar-refractivity contribution < 1.29 is 14.0 Å². The Morgan fingerprint density at radius 2 is 1.76 bits per heavy atom. The van der Waals surface area contributed by atoms with Gasteiger partial charge in [-0.2, -0.15) is 0 Å². The summed E-state index contributed by atoms with van der Waals surface area (Å²) in [5.74, 6) is 0.0626. The molecule has 0 spiro atoms. The maximum Gasteiger partial charge on any atom is 0.226 e. The van der Waals surface area contributed by atoms with E-state index in [-0.39, 0.29) is 30.0 Å². The molecule has 2 aromatic carbocycles. The quantitative estimate of drug-likeness (QED) is 0.431. The zero-order valence-corrected chi connectivity index (χ0v) is 20.0. The van der Waals surface area contributed by atoms with Gasteiger partial charge in [0, 0.05) is 50.1 Å². The van der Waals surface area contributed by atoms with E-state index in [1.165, 1.54) is 6.07 Å². The summed E-state index contributed by atoms with van der Waals surface area (Å²) in [5.41, 5.74) is 3.52. The van der Waals surface area contributed by atoms with Crippen LogP contribution in [0.5, 0.6) is 0 Å². The fourth-order valence-electron chi connectivity index (χ4n) is 5.29. The molecule has 1 heterocycles. The number of hydrogen-bond donors (Lipinski definition) is 0. The summed E-state index contributed by atoms with van der Waals surface area (Å²) in [5, 5.41) is 0. The molecule has 0 N–H and O–H groups in total. The van der Waals surface area contributed by atoms with E-state index in [1.54, 1.807) is 30.3 Å². The maximum atomic E-state index is 14.5. The lowest BCUT2D eigenvalue weighted by Crippen LogP contribution is -2.54. The van der Waals surface area contributed by atoms with Crippen LogP contribution >= 0.6 is 0 Å². The molecule has 4 rings (SSSR count). The molecule has 2 aromatic rings. The molecule has 1 amide bonds. The van der Waals surface area contributed by atoms with E-state index in [1.807, 2.05) is 11.8 Å². The van der Waals surface area contributed by atoms with Gasteiger partial charge in [0.2, 0.25) is 5.91 Å². The summed E-state index contributed by atoms with van der Waals surface area (Å²) >= 11 is 0. The highest BCUT2D eigenvalue weighted by molar-refractivity contribution is 5.98. The van der Waals surface area contributed by atoms with E-state index in [4.69, 9.17) is 6.57 Å². The van der Waals surface area contributed by atoms with E-state index >= 15 is 0 Å². The first-order valence-corrected chi connectivity index (χ1v) is 12.2.